The molecule has 15 heavy (non-hydrogen) atoms. The number of nitrogens with zero attached hydrogens (tertiary/aromatic N) is 1. The van der Waals surface area contributed by atoms with E-state index in [1.54, 1.807) is 6.07 Å². The SMILES string of the molecule is Cc1ccc(F)c(-c2cnoc2N)c1Br. The van der Waals surface area contributed by atoms with E-state index in [-0.39, 0.29) is 11.7 Å². The van der Waals surface area contributed by atoms with Crippen LogP contribution in [0.1, 0.15) is 5.56 Å². The van der Waals surface area contributed by atoms with Gasteiger partial charge in [0.1, 0.15) is 5.82 Å². The summed E-state index contributed by atoms with van der Waals surface area (Å²) >= 11 is 3.32. The molecule has 2 rings (SSSR count). The van der Waals surface area contributed by atoms with Gasteiger partial charge in [0.25, 0.3) is 0 Å². The molecule has 0 spiro atoms. The lowest BCUT2D eigenvalue weighted by atomic mass is 10.1. The van der Waals surface area contributed by atoms with Gasteiger partial charge in [-0.05, 0) is 34.5 Å². The monoisotopic (exact) mass is 270 g/mol. The fraction of sp³-hybridized carbons (Fsp3) is 0.100. The van der Waals surface area contributed by atoms with Gasteiger partial charge in [0.05, 0.1) is 11.8 Å². The highest BCUT2D eigenvalue weighted by Crippen LogP contribution is 2.36. The van der Waals surface area contributed by atoms with Crippen molar-refractivity contribution in [2.75, 3.05) is 5.73 Å². The molecule has 3 nitrogen and oxygen atoms in total. The summed E-state index contributed by atoms with van der Waals surface area (Å²) in [4.78, 5) is 0. The average molecular weight is 271 g/mol. The van der Waals surface area contributed by atoms with Crippen LogP contribution in [-0.4, -0.2) is 5.16 Å². The zero-order valence-electron chi connectivity index (χ0n) is 7.92. The Balaban J connectivity index is 2.72. The van der Waals surface area contributed by atoms with Crippen molar-refractivity contribution in [1.29, 1.82) is 0 Å². The molecule has 1 heterocycles. The largest absolute Gasteiger partial charge is 0.367 e. The van der Waals surface area contributed by atoms with E-state index in [0.29, 0.717) is 15.6 Å². The number of halogens is 2. The molecular formula is C10H8BrFN2O. The third kappa shape index (κ3) is 1.63. The maximum Gasteiger partial charge on any atom is 0.230 e. The Bertz CT molecular complexity index is 510. The van der Waals surface area contributed by atoms with Crippen molar-refractivity contribution in [3.8, 4) is 11.1 Å². The van der Waals surface area contributed by atoms with Crippen LogP contribution < -0.4 is 5.73 Å². The maximum atomic E-state index is 13.6. The van der Waals surface area contributed by atoms with Gasteiger partial charge in [-0.2, -0.15) is 0 Å². The zero-order valence-corrected chi connectivity index (χ0v) is 9.51. The predicted molar refractivity (Wildman–Crippen MR) is 58.7 cm³/mol. The maximum absolute atomic E-state index is 13.6. The quantitative estimate of drug-likeness (QED) is 0.866. The molecule has 0 aliphatic heterocycles. The van der Waals surface area contributed by atoms with Crippen molar-refractivity contribution in [2.45, 2.75) is 6.92 Å². The second kappa shape index (κ2) is 3.66. The summed E-state index contributed by atoms with van der Waals surface area (Å²) in [5.41, 5.74) is 7.31. The van der Waals surface area contributed by atoms with Crippen molar-refractivity contribution < 1.29 is 8.91 Å². The summed E-state index contributed by atoms with van der Waals surface area (Å²) in [6.07, 6.45) is 1.40. The molecule has 1 aromatic heterocycles. The minimum atomic E-state index is -0.359. The molecule has 0 saturated heterocycles. The molecule has 0 atom stereocenters. The van der Waals surface area contributed by atoms with Crippen LogP contribution in [-0.2, 0) is 0 Å². The van der Waals surface area contributed by atoms with E-state index in [9.17, 15) is 4.39 Å². The predicted octanol–water partition coefficient (Wildman–Crippen LogP) is 3.13. The first-order chi connectivity index (χ1) is 7.11. The summed E-state index contributed by atoms with van der Waals surface area (Å²) in [5, 5.41) is 3.52. The molecule has 0 fully saturated rings. The molecule has 1 aromatic carbocycles. The van der Waals surface area contributed by atoms with Crippen LogP contribution in [0.3, 0.4) is 0 Å². The van der Waals surface area contributed by atoms with E-state index in [0.717, 1.165) is 5.56 Å². The molecule has 0 bridgehead atoms. The van der Waals surface area contributed by atoms with Crippen LogP contribution in [0.25, 0.3) is 11.1 Å². The lowest BCUT2D eigenvalue weighted by Crippen LogP contribution is -1.91. The molecule has 78 valence electrons. The highest BCUT2D eigenvalue weighted by atomic mass is 79.9. The van der Waals surface area contributed by atoms with E-state index < -0.39 is 0 Å². The van der Waals surface area contributed by atoms with Gasteiger partial charge >= 0.3 is 0 Å². The lowest BCUT2D eigenvalue weighted by molar-refractivity contribution is 0.436. The van der Waals surface area contributed by atoms with Gasteiger partial charge in [0, 0.05) is 10.0 Å². The van der Waals surface area contributed by atoms with Crippen LogP contribution in [0.5, 0.6) is 0 Å². The lowest BCUT2D eigenvalue weighted by Gasteiger charge is -2.06. The van der Waals surface area contributed by atoms with Crippen LogP contribution in [0, 0.1) is 12.7 Å². The first kappa shape index (κ1) is 10.2. The Kier molecular flexibility index (Phi) is 2.48. The molecular weight excluding hydrogens is 263 g/mol. The fourth-order valence-corrected chi connectivity index (χ4v) is 1.88. The van der Waals surface area contributed by atoms with Gasteiger partial charge in [-0.3, -0.25) is 0 Å². The number of hydrogen-bond donors (Lipinski definition) is 1. The van der Waals surface area contributed by atoms with Gasteiger partial charge < -0.3 is 10.3 Å². The van der Waals surface area contributed by atoms with E-state index in [1.807, 2.05) is 6.92 Å². The van der Waals surface area contributed by atoms with E-state index in [1.165, 1.54) is 12.3 Å². The van der Waals surface area contributed by atoms with Gasteiger partial charge in [-0.25, -0.2) is 4.39 Å². The van der Waals surface area contributed by atoms with Crippen molar-refractivity contribution >= 4 is 21.8 Å². The Morgan fingerprint density at radius 3 is 2.80 bits per heavy atom. The van der Waals surface area contributed by atoms with Gasteiger partial charge in [-0.1, -0.05) is 11.2 Å². The zero-order chi connectivity index (χ0) is 11.0. The molecule has 0 aliphatic rings. The number of aryl methyl sites for hydroxylation is 1. The third-order valence-corrected chi connectivity index (χ3v) is 3.17. The van der Waals surface area contributed by atoms with Crippen molar-refractivity contribution in [2.24, 2.45) is 0 Å². The van der Waals surface area contributed by atoms with Crippen LogP contribution in [0.15, 0.2) is 27.3 Å². The molecule has 0 saturated carbocycles. The molecule has 0 aliphatic carbocycles. The fourth-order valence-electron chi connectivity index (χ4n) is 1.34. The standard InChI is InChI=1S/C10H8BrFN2O/c1-5-2-3-7(12)8(9(5)11)6-4-14-15-10(6)13/h2-4H,13H2,1H3. The van der Waals surface area contributed by atoms with E-state index >= 15 is 0 Å². The Hall–Kier alpha value is -1.36. The molecule has 0 unspecified atom stereocenters. The van der Waals surface area contributed by atoms with E-state index in [2.05, 4.69) is 21.1 Å². The van der Waals surface area contributed by atoms with E-state index in [4.69, 9.17) is 10.3 Å². The molecule has 5 heteroatoms. The summed E-state index contributed by atoms with van der Waals surface area (Å²) in [6.45, 7) is 1.87. The third-order valence-electron chi connectivity index (χ3n) is 2.15. The van der Waals surface area contributed by atoms with Crippen molar-refractivity contribution in [3.05, 3.63) is 34.2 Å². The summed E-state index contributed by atoms with van der Waals surface area (Å²) in [7, 11) is 0. The van der Waals surface area contributed by atoms with Crippen molar-refractivity contribution in [1.82, 2.24) is 5.16 Å². The molecule has 0 amide bonds. The smallest absolute Gasteiger partial charge is 0.230 e. The second-order valence-corrected chi connectivity index (χ2v) is 3.95. The van der Waals surface area contributed by atoms with Gasteiger partial charge in [0.2, 0.25) is 5.88 Å². The van der Waals surface area contributed by atoms with Gasteiger partial charge in [0.15, 0.2) is 0 Å². The number of anilines is 1. The second-order valence-electron chi connectivity index (χ2n) is 3.16. The summed E-state index contributed by atoms with van der Waals surface area (Å²) in [6, 6.07) is 3.08. The molecule has 2 N–H and O–H groups in total. The first-order valence-electron chi connectivity index (χ1n) is 4.26. The average Bonchev–Trinajstić information content (AvgIpc) is 2.60. The van der Waals surface area contributed by atoms with Crippen molar-refractivity contribution in [3.63, 3.8) is 0 Å². The Morgan fingerprint density at radius 2 is 2.20 bits per heavy atom. The highest BCUT2D eigenvalue weighted by Gasteiger charge is 2.16. The summed E-state index contributed by atoms with van der Waals surface area (Å²) in [5.74, 6) is -0.248. The Labute approximate surface area is 94.2 Å². The van der Waals surface area contributed by atoms with Gasteiger partial charge in [-0.15, -0.1) is 0 Å². The minimum Gasteiger partial charge on any atom is -0.367 e. The highest BCUT2D eigenvalue weighted by molar-refractivity contribution is 9.10. The molecule has 0 radical (unpaired) electrons. The topological polar surface area (TPSA) is 52.0 Å². The summed E-state index contributed by atoms with van der Waals surface area (Å²) < 4.78 is 19.0. The first-order valence-corrected chi connectivity index (χ1v) is 5.05. The number of aromatic nitrogens is 1. The van der Waals surface area contributed by atoms with Crippen LogP contribution in [0.2, 0.25) is 0 Å². The van der Waals surface area contributed by atoms with Crippen LogP contribution >= 0.6 is 15.9 Å². The molecule has 2 aromatic rings. The Morgan fingerprint density at radius 1 is 1.47 bits per heavy atom. The normalized spacial score (nSPS) is 10.6. The number of hydrogen-bond acceptors (Lipinski definition) is 3. The minimum absolute atomic E-state index is 0.111. The number of nitrogen functional groups attached to an aromatic ring is 1. The number of nitrogens with two attached hydrogens (primary N) is 1. The number of rotatable bonds is 1. The van der Waals surface area contributed by atoms with Crippen LogP contribution in [0.4, 0.5) is 10.3 Å². The number of benzene rings is 1.